The van der Waals surface area contributed by atoms with Gasteiger partial charge in [0.25, 0.3) is 0 Å². The fourth-order valence-corrected chi connectivity index (χ4v) is 2.39. The molecule has 6 heteroatoms. The molecule has 0 atom stereocenters. The lowest BCUT2D eigenvalue weighted by atomic mass is 10.3. The minimum absolute atomic E-state index is 0.711. The lowest BCUT2D eigenvalue weighted by Crippen LogP contribution is -1.86. The van der Waals surface area contributed by atoms with Crippen LogP contribution < -0.4 is 5.73 Å². The molecule has 1 aromatic heterocycles. The second-order valence-corrected chi connectivity index (χ2v) is 4.79. The highest BCUT2D eigenvalue weighted by Crippen LogP contribution is 2.30. The van der Waals surface area contributed by atoms with Gasteiger partial charge in [0.05, 0.1) is 10.7 Å². The summed E-state index contributed by atoms with van der Waals surface area (Å²) >= 11 is 7.65. The maximum absolute atomic E-state index is 6.05. The molecular weight excluding hydrogens is 244 g/mol. The van der Waals surface area contributed by atoms with Gasteiger partial charge in [0, 0.05) is 29.6 Å². The molecule has 0 saturated heterocycles. The summed E-state index contributed by atoms with van der Waals surface area (Å²) < 4.78 is 1.68. The first-order chi connectivity index (χ1) is 7.65. The molecular formula is C10H11ClN4S. The highest BCUT2D eigenvalue weighted by atomic mass is 35.5. The number of anilines is 1. The van der Waals surface area contributed by atoms with Gasteiger partial charge in [-0.25, -0.2) is 0 Å². The number of nitrogens with two attached hydrogens (primary N) is 1. The van der Waals surface area contributed by atoms with Gasteiger partial charge in [-0.15, -0.1) is 16.9 Å². The number of benzene rings is 1. The minimum Gasteiger partial charge on any atom is -0.399 e. The van der Waals surface area contributed by atoms with Gasteiger partial charge in [-0.05, 0) is 18.2 Å². The van der Waals surface area contributed by atoms with Crippen molar-refractivity contribution in [2.24, 2.45) is 7.05 Å². The van der Waals surface area contributed by atoms with Crippen molar-refractivity contribution >= 4 is 29.1 Å². The van der Waals surface area contributed by atoms with Crippen molar-refractivity contribution in [2.75, 3.05) is 5.73 Å². The normalized spacial score (nSPS) is 10.6. The first kappa shape index (κ1) is 11.3. The molecule has 0 bridgehead atoms. The fraction of sp³-hybridized carbons (Fsp3) is 0.200. The third-order valence-electron chi connectivity index (χ3n) is 1.98. The van der Waals surface area contributed by atoms with Crippen LogP contribution in [0.15, 0.2) is 29.3 Å². The molecule has 0 aliphatic carbocycles. The zero-order chi connectivity index (χ0) is 11.5. The standard InChI is InChI=1S/C10H11ClN4S/c1-15-5-8(13-14-15)6-16-10-4-7(12)2-3-9(10)11/h2-5H,6,12H2,1H3. The van der Waals surface area contributed by atoms with E-state index >= 15 is 0 Å². The number of nitrogen functional groups attached to an aromatic ring is 1. The van der Waals surface area contributed by atoms with Crippen LogP contribution in [0, 0.1) is 0 Å². The van der Waals surface area contributed by atoms with Crippen molar-refractivity contribution in [3.05, 3.63) is 35.1 Å². The van der Waals surface area contributed by atoms with Gasteiger partial charge in [0.1, 0.15) is 0 Å². The summed E-state index contributed by atoms with van der Waals surface area (Å²) in [6, 6.07) is 5.45. The van der Waals surface area contributed by atoms with Gasteiger partial charge in [0.15, 0.2) is 0 Å². The van der Waals surface area contributed by atoms with Crippen molar-refractivity contribution < 1.29 is 0 Å². The van der Waals surface area contributed by atoms with Crippen molar-refractivity contribution in [3.8, 4) is 0 Å². The van der Waals surface area contributed by atoms with E-state index in [9.17, 15) is 0 Å². The van der Waals surface area contributed by atoms with Crippen molar-refractivity contribution in [3.63, 3.8) is 0 Å². The Bertz CT molecular complexity index is 497. The molecule has 1 aromatic carbocycles. The van der Waals surface area contributed by atoms with Crippen LogP contribution in [0.25, 0.3) is 0 Å². The van der Waals surface area contributed by atoms with Crippen LogP contribution in [-0.2, 0) is 12.8 Å². The van der Waals surface area contributed by atoms with E-state index in [0.29, 0.717) is 10.7 Å². The van der Waals surface area contributed by atoms with E-state index < -0.39 is 0 Å². The zero-order valence-electron chi connectivity index (χ0n) is 8.72. The van der Waals surface area contributed by atoms with Crippen LogP contribution >= 0.6 is 23.4 Å². The van der Waals surface area contributed by atoms with Gasteiger partial charge in [0.2, 0.25) is 0 Å². The highest BCUT2D eigenvalue weighted by molar-refractivity contribution is 7.98. The molecule has 0 amide bonds. The van der Waals surface area contributed by atoms with E-state index in [4.69, 9.17) is 17.3 Å². The van der Waals surface area contributed by atoms with Crippen molar-refractivity contribution in [1.29, 1.82) is 0 Å². The van der Waals surface area contributed by atoms with Gasteiger partial charge < -0.3 is 5.73 Å². The van der Waals surface area contributed by atoms with E-state index in [-0.39, 0.29) is 0 Å². The Morgan fingerprint density at radius 1 is 1.50 bits per heavy atom. The van der Waals surface area contributed by atoms with Crippen molar-refractivity contribution in [2.45, 2.75) is 10.6 Å². The van der Waals surface area contributed by atoms with E-state index in [1.54, 1.807) is 28.6 Å². The summed E-state index contributed by atoms with van der Waals surface area (Å²) in [6.07, 6.45) is 1.88. The number of rotatable bonds is 3. The molecule has 0 radical (unpaired) electrons. The number of nitrogens with zero attached hydrogens (tertiary/aromatic N) is 3. The summed E-state index contributed by atoms with van der Waals surface area (Å²) in [5, 5.41) is 8.58. The molecule has 0 aliphatic rings. The third kappa shape index (κ3) is 2.68. The van der Waals surface area contributed by atoms with Crippen LogP contribution in [0.3, 0.4) is 0 Å². The summed E-state index contributed by atoms with van der Waals surface area (Å²) in [5.41, 5.74) is 7.33. The van der Waals surface area contributed by atoms with Gasteiger partial charge >= 0.3 is 0 Å². The number of aromatic nitrogens is 3. The average Bonchev–Trinajstić information content (AvgIpc) is 2.66. The molecule has 0 unspecified atom stereocenters. The van der Waals surface area contributed by atoms with Gasteiger partial charge in [-0.2, -0.15) is 0 Å². The summed E-state index contributed by atoms with van der Waals surface area (Å²) in [5.74, 6) is 0.733. The quantitative estimate of drug-likeness (QED) is 0.675. The highest BCUT2D eigenvalue weighted by Gasteiger charge is 2.04. The van der Waals surface area contributed by atoms with Gasteiger partial charge in [-0.1, -0.05) is 16.8 Å². The summed E-state index contributed by atoms with van der Waals surface area (Å²) in [6.45, 7) is 0. The first-order valence-corrected chi connectivity index (χ1v) is 6.04. The number of thioether (sulfide) groups is 1. The topological polar surface area (TPSA) is 56.7 Å². The molecule has 16 heavy (non-hydrogen) atoms. The molecule has 0 saturated carbocycles. The van der Waals surface area contributed by atoms with Crippen LogP contribution in [0.1, 0.15) is 5.69 Å². The molecule has 0 spiro atoms. The Morgan fingerprint density at radius 3 is 3.00 bits per heavy atom. The zero-order valence-corrected chi connectivity index (χ0v) is 10.3. The predicted molar refractivity (Wildman–Crippen MR) is 66.4 cm³/mol. The molecule has 4 nitrogen and oxygen atoms in total. The maximum atomic E-state index is 6.05. The van der Waals surface area contributed by atoms with E-state index in [1.165, 1.54) is 0 Å². The Morgan fingerprint density at radius 2 is 2.31 bits per heavy atom. The SMILES string of the molecule is Cn1cc(CSc2cc(N)ccc2Cl)nn1. The van der Waals surface area contributed by atoms with E-state index in [0.717, 1.165) is 16.3 Å². The molecule has 2 N–H and O–H groups in total. The average molecular weight is 255 g/mol. The maximum Gasteiger partial charge on any atom is 0.0929 e. The molecule has 2 aromatic rings. The lowest BCUT2D eigenvalue weighted by molar-refractivity contribution is 0.714. The number of hydrogen-bond donors (Lipinski definition) is 1. The molecule has 0 fully saturated rings. The largest absolute Gasteiger partial charge is 0.399 e. The molecule has 1 heterocycles. The molecule has 2 rings (SSSR count). The number of hydrogen-bond acceptors (Lipinski definition) is 4. The fourth-order valence-electron chi connectivity index (χ4n) is 1.24. The van der Waals surface area contributed by atoms with Crippen LogP contribution in [0.2, 0.25) is 5.02 Å². The number of halogens is 1. The predicted octanol–water partition coefficient (Wildman–Crippen LogP) is 2.34. The monoisotopic (exact) mass is 254 g/mol. The first-order valence-electron chi connectivity index (χ1n) is 4.68. The second kappa shape index (κ2) is 4.76. The van der Waals surface area contributed by atoms with Crippen LogP contribution in [-0.4, -0.2) is 15.0 Å². The van der Waals surface area contributed by atoms with Crippen molar-refractivity contribution in [1.82, 2.24) is 15.0 Å². The van der Waals surface area contributed by atoms with Gasteiger partial charge in [-0.3, -0.25) is 4.68 Å². The Balaban J connectivity index is 2.07. The Labute approximate surface area is 103 Å². The molecule has 84 valence electrons. The summed E-state index contributed by atoms with van der Waals surface area (Å²) in [7, 11) is 1.84. The lowest BCUT2D eigenvalue weighted by Gasteiger charge is -2.03. The minimum atomic E-state index is 0.711. The van der Waals surface area contributed by atoms with Crippen LogP contribution in [0.5, 0.6) is 0 Å². The third-order valence-corrected chi connectivity index (χ3v) is 3.51. The smallest absolute Gasteiger partial charge is 0.0929 e. The second-order valence-electron chi connectivity index (χ2n) is 3.36. The van der Waals surface area contributed by atoms with E-state index in [2.05, 4.69) is 10.3 Å². The molecule has 0 aliphatic heterocycles. The summed E-state index contributed by atoms with van der Waals surface area (Å²) in [4.78, 5) is 0.965. The number of aryl methyl sites for hydroxylation is 1. The Kier molecular flexibility index (Phi) is 3.36. The Hall–Kier alpha value is -1.20. The van der Waals surface area contributed by atoms with E-state index in [1.807, 2.05) is 19.3 Å². The van der Waals surface area contributed by atoms with Crippen LogP contribution in [0.4, 0.5) is 5.69 Å².